The zero-order chi connectivity index (χ0) is 12.0. The Balaban J connectivity index is 2.12. The molecule has 3 heteroatoms. The predicted molar refractivity (Wildman–Crippen MR) is 63.5 cm³/mol. The van der Waals surface area contributed by atoms with Crippen LogP contribution in [0.2, 0.25) is 0 Å². The number of hydrogen-bond acceptors (Lipinski definition) is 2. The average Bonchev–Trinajstić information content (AvgIpc) is 2.30. The smallest absolute Gasteiger partial charge is 0.237 e. The second-order valence-corrected chi connectivity index (χ2v) is 5.06. The standard InChI is InChI=1S/C13H22N2O/c1-10-3-5-12(6-4-10)7-8-15-13(16)11(2)9-14/h10-12H,3-8H2,1-2H3,(H,15,16). The van der Waals surface area contributed by atoms with Gasteiger partial charge in [-0.1, -0.05) is 32.6 Å². The molecule has 0 radical (unpaired) electrons. The number of amides is 1. The molecule has 1 fully saturated rings. The molecule has 1 amide bonds. The van der Waals surface area contributed by atoms with Gasteiger partial charge in [0.05, 0.1) is 6.07 Å². The summed E-state index contributed by atoms with van der Waals surface area (Å²) in [6, 6.07) is 1.95. The molecule has 1 aliphatic carbocycles. The quantitative estimate of drug-likeness (QED) is 0.794. The lowest BCUT2D eigenvalue weighted by molar-refractivity contribution is -0.123. The molecule has 0 saturated heterocycles. The van der Waals surface area contributed by atoms with Crippen molar-refractivity contribution in [3.05, 3.63) is 0 Å². The Morgan fingerprint density at radius 3 is 2.62 bits per heavy atom. The number of hydrogen-bond donors (Lipinski definition) is 1. The number of rotatable bonds is 4. The fourth-order valence-corrected chi connectivity index (χ4v) is 2.23. The van der Waals surface area contributed by atoms with Gasteiger partial charge in [0.2, 0.25) is 5.91 Å². The molecular formula is C13H22N2O. The van der Waals surface area contributed by atoms with E-state index in [0.29, 0.717) is 0 Å². The van der Waals surface area contributed by atoms with Crippen LogP contribution in [0.3, 0.4) is 0 Å². The molecule has 0 aromatic carbocycles. The van der Waals surface area contributed by atoms with Crippen LogP contribution in [0.4, 0.5) is 0 Å². The first kappa shape index (κ1) is 13.0. The van der Waals surface area contributed by atoms with E-state index in [1.165, 1.54) is 25.7 Å². The van der Waals surface area contributed by atoms with Crippen LogP contribution in [0, 0.1) is 29.1 Å². The molecule has 0 bridgehead atoms. The summed E-state index contributed by atoms with van der Waals surface area (Å²) in [6.07, 6.45) is 6.31. The lowest BCUT2D eigenvalue weighted by Crippen LogP contribution is -2.30. The molecule has 0 spiro atoms. The van der Waals surface area contributed by atoms with Crippen molar-refractivity contribution < 1.29 is 4.79 Å². The third-order valence-corrected chi connectivity index (χ3v) is 3.57. The largest absolute Gasteiger partial charge is 0.355 e. The highest BCUT2D eigenvalue weighted by atomic mass is 16.1. The highest BCUT2D eigenvalue weighted by Gasteiger charge is 2.18. The van der Waals surface area contributed by atoms with Crippen molar-refractivity contribution in [2.45, 2.75) is 46.0 Å². The van der Waals surface area contributed by atoms with Crippen LogP contribution in [0.5, 0.6) is 0 Å². The maximum absolute atomic E-state index is 11.3. The van der Waals surface area contributed by atoms with E-state index in [1.54, 1.807) is 6.92 Å². The molecule has 1 aliphatic rings. The molecule has 0 aromatic heterocycles. The molecule has 1 saturated carbocycles. The van der Waals surface area contributed by atoms with E-state index in [9.17, 15) is 4.79 Å². The third kappa shape index (κ3) is 4.22. The third-order valence-electron chi connectivity index (χ3n) is 3.57. The van der Waals surface area contributed by atoms with Gasteiger partial charge in [-0.3, -0.25) is 4.79 Å². The van der Waals surface area contributed by atoms with Gasteiger partial charge >= 0.3 is 0 Å². The van der Waals surface area contributed by atoms with Gasteiger partial charge in [0.15, 0.2) is 0 Å². The van der Waals surface area contributed by atoms with Crippen LogP contribution < -0.4 is 5.32 Å². The lowest BCUT2D eigenvalue weighted by atomic mass is 9.81. The molecule has 0 heterocycles. The van der Waals surface area contributed by atoms with Gasteiger partial charge < -0.3 is 5.32 Å². The van der Waals surface area contributed by atoms with Crippen LogP contribution >= 0.6 is 0 Å². The molecular weight excluding hydrogens is 200 g/mol. The van der Waals surface area contributed by atoms with Crippen molar-refractivity contribution >= 4 is 5.91 Å². The molecule has 3 nitrogen and oxygen atoms in total. The molecule has 90 valence electrons. The molecule has 1 N–H and O–H groups in total. The van der Waals surface area contributed by atoms with E-state index in [4.69, 9.17) is 5.26 Å². The highest BCUT2D eigenvalue weighted by Crippen LogP contribution is 2.29. The van der Waals surface area contributed by atoms with Crippen molar-refractivity contribution in [1.82, 2.24) is 5.32 Å². The van der Waals surface area contributed by atoms with Gasteiger partial charge in [-0.2, -0.15) is 5.26 Å². The topological polar surface area (TPSA) is 52.9 Å². The molecule has 0 aromatic rings. The first-order valence-electron chi connectivity index (χ1n) is 6.30. The van der Waals surface area contributed by atoms with Crippen LogP contribution in [-0.2, 0) is 4.79 Å². The van der Waals surface area contributed by atoms with Crippen molar-refractivity contribution in [3.8, 4) is 6.07 Å². The van der Waals surface area contributed by atoms with Gasteiger partial charge in [0.25, 0.3) is 0 Å². The van der Waals surface area contributed by atoms with Crippen molar-refractivity contribution in [3.63, 3.8) is 0 Å². The molecule has 1 rings (SSSR count). The normalized spacial score (nSPS) is 26.8. The van der Waals surface area contributed by atoms with Crippen molar-refractivity contribution in [2.24, 2.45) is 17.8 Å². The molecule has 16 heavy (non-hydrogen) atoms. The summed E-state index contributed by atoms with van der Waals surface area (Å²) in [5.74, 6) is 0.997. The van der Waals surface area contributed by atoms with Gasteiger partial charge in [0, 0.05) is 6.54 Å². The summed E-state index contributed by atoms with van der Waals surface area (Å²) in [4.78, 5) is 11.3. The first-order valence-corrected chi connectivity index (χ1v) is 6.30. The SMILES string of the molecule is CC1CCC(CCNC(=O)C(C)C#N)CC1. The molecule has 1 unspecified atom stereocenters. The maximum Gasteiger partial charge on any atom is 0.237 e. The molecule has 1 atom stereocenters. The Labute approximate surface area is 98.2 Å². The number of nitrogens with zero attached hydrogens (tertiary/aromatic N) is 1. The lowest BCUT2D eigenvalue weighted by Gasteiger charge is -2.26. The summed E-state index contributed by atoms with van der Waals surface area (Å²) >= 11 is 0. The van der Waals surface area contributed by atoms with E-state index in [1.807, 2.05) is 6.07 Å². The van der Waals surface area contributed by atoms with E-state index >= 15 is 0 Å². The average molecular weight is 222 g/mol. The zero-order valence-electron chi connectivity index (χ0n) is 10.3. The summed E-state index contributed by atoms with van der Waals surface area (Å²) in [5, 5.41) is 11.4. The summed E-state index contributed by atoms with van der Waals surface area (Å²) in [7, 11) is 0. The first-order chi connectivity index (χ1) is 7.63. The van der Waals surface area contributed by atoms with E-state index in [0.717, 1.165) is 24.8 Å². The van der Waals surface area contributed by atoms with Gasteiger partial charge in [-0.05, 0) is 25.2 Å². The minimum atomic E-state index is -0.522. The van der Waals surface area contributed by atoms with Crippen molar-refractivity contribution in [1.29, 1.82) is 5.26 Å². The second kappa shape index (κ2) is 6.52. The van der Waals surface area contributed by atoms with Crippen LogP contribution in [0.25, 0.3) is 0 Å². The Kier molecular flexibility index (Phi) is 5.31. The minimum absolute atomic E-state index is 0.133. The monoisotopic (exact) mass is 222 g/mol. The van der Waals surface area contributed by atoms with Gasteiger partial charge in [0.1, 0.15) is 5.92 Å². The van der Waals surface area contributed by atoms with Crippen LogP contribution in [0.15, 0.2) is 0 Å². The van der Waals surface area contributed by atoms with Crippen molar-refractivity contribution in [2.75, 3.05) is 6.54 Å². The number of carbonyl (C=O) groups excluding carboxylic acids is 1. The van der Waals surface area contributed by atoms with Gasteiger partial charge in [-0.25, -0.2) is 0 Å². The Bertz CT molecular complexity index is 262. The second-order valence-electron chi connectivity index (χ2n) is 5.06. The Morgan fingerprint density at radius 1 is 1.44 bits per heavy atom. The fourth-order valence-electron chi connectivity index (χ4n) is 2.23. The Hall–Kier alpha value is -1.04. The fraction of sp³-hybridized carbons (Fsp3) is 0.846. The van der Waals surface area contributed by atoms with Gasteiger partial charge in [-0.15, -0.1) is 0 Å². The zero-order valence-corrected chi connectivity index (χ0v) is 10.3. The number of carbonyl (C=O) groups is 1. The summed E-state index contributed by atoms with van der Waals surface area (Å²) < 4.78 is 0. The summed E-state index contributed by atoms with van der Waals surface area (Å²) in [5.41, 5.74) is 0. The van der Waals surface area contributed by atoms with E-state index < -0.39 is 5.92 Å². The predicted octanol–water partition coefficient (Wildman–Crippen LogP) is 2.48. The number of nitrogens with one attached hydrogen (secondary N) is 1. The number of nitriles is 1. The van der Waals surface area contributed by atoms with E-state index in [-0.39, 0.29) is 5.91 Å². The van der Waals surface area contributed by atoms with Crippen LogP contribution in [0.1, 0.15) is 46.0 Å². The van der Waals surface area contributed by atoms with Crippen LogP contribution in [-0.4, -0.2) is 12.5 Å². The minimum Gasteiger partial charge on any atom is -0.355 e. The van der Waals surface area contributed by atoms with E-state index in [2.05, 4.69) is 12.2 Å². The Morgan fingerprint density at radius 2 is 2.06 bits per heavy atom. The highest BCUT2D eigenvalue weighted by molar-refractivity contribution is 5.80. The maximum atomic E-state index is 11.3. The molecule has 0 aliphatic heterocycles. The summed E-state index contributed by atoms with van der Waals surface area (Å²) in [6.45, 7) is 4.67.